The average molecular weight is 1180 g/mol. The van der Waals surface area contributed by atoms with Gasteiger partial charge in [-0.2, -0.15) is 12.1 Å². The topological polar surface area (TPSA) is 149 Å². The summed E-state index contributed by atoms with van der Waals surface area (Å²) in [7, 11) is 0. The maximum absolute atomic E-state index is 10.1. The first-order valence-corrected chi connectivity index (χ1v) is 34.4. The Morgan fingerprint density at radius 3 is 1.55 bits per heavy atom. The van der Waals surface area contributed by atoms with Gasteiger partial charge in [0.15, 0.2) is 0 Å². The van der Waals surface area contributed by atoms with Crippen LogP contribution in [0.4, 0.5) is 11.4 Å². The van der Waals surface area contributed by atoms with E-state index in [1.807, 2.05) is 36.5 Å². The molecule has 16 atom stereocenters. The number of rotatable bonds is 20. The molecule has 2 aromatic carbocycles. The van der Waals surface area contributed by atoms with Gasteiger partial charge in [0, 0.05) is 36.6 Å². The van der Waals surface area contributed by atoms with Crippen LogP contribution >= 0.6 is 0 Å². The number of benzene rings is 2. The molecule has 87 heavy (non-hydrogen) atoms. The van der Waals surface area contributed by atoms with E-state index < -0.39 is 0 Å². The second kappa shape index (κ2) is 30.7. The van der Waals surface area contributed by atoms with Gasteiger partial charge < -0.3 is 36.2 Å². The van der Waals surface area contributed by atoms with E-state index in [9.17, 15) is 5.11 Å². The largest absolute Gasteiger partial charge is 1.00 e. The first kappa shape index (κ1) is 71.6. The first-order chi connectivity index (χ1) is 40.0. The number of hydrogen-bond acceptors (Lipinski definition) is 9. The minimum absolute atomic E-state index is 0. The fourth-order valence-corrected chi connectivity index (χ4v) is 20.9. The van der Waals surface area contributed by atoms with Crippen molar-refractivity contribution in [2.24, 2.45) is 92.7 Å². The third-order valence-electron chi connectivity index (χ3n) is 25.4. The average Bonchev–Trinajstić information content (AvgIpc) is 2.01. The predicted molar refractivity (Wildman–Crippen MR) is 350 cm³/mol. The number of hydrogen-bond donors (Lipinski definition) is 3. The number of phenolic OH excluding ortho intramolecular Hbond substituents is 1. The van der Waals surface area contributed by atoms with E-state index >= 15 is 0 Å². The SMILES string of the molecule is CC(C)CCC[C@@H](C)[C@H]1CCC2C3CC=C4C[C@@H](OCCNc5cc[c-]c6ncccc56)CC[C@]4(C)C3CC[C@@]21C.CC(C)CCC[C@@H](C)[C@H]1CCC2C3CC=C4C[C@@H](OCCNc5ccc(O)c6ncccc56)CC[C@]4(C)C3CC[C@@]21C.[Li+].[Li+].[OH-].[OH-]. The summed E-state index contributed by atoms with van der Waals surface area (Å²) in [5.41, 5.74) is 9.04. The standard InChI is InChI=1S/C38H56N2O2.C38H55N2O.2Li.2H2O/c1-25(2)8-6-9-26(3)31-13-14-32-29-12-11-27-24-28(17-19-37(27,4)33(29)18-20-38(31,32)5)42-23-22-39-34-15-16-35(41)36-30(34)10-7-21-40-36;1-26(2)9-6-10-27(3)32-16-17-33-30-15-14-28-25-29(18-20-37(28,4)34(30)19-21-38(32,33)5)41-24-23-40-36-13-7-12-35-31(36)11-8-22-39-35;;;;/h7,10-11,15-16,21,25-26,28-29,31-33,39,41H,6,8-9,12-14,17-20,22-24H2,1-5H3;7-8,11,13-14,22,26-27,29-30,32-34,40H,6,9-10,15-21,23-25H2,1-5H3;;;2*1H2/q;-1;2*+1;;/p-2/t26-,28+,29?,31-,32?,33?,37+,38-;27-,29+,30?,32-,33?,34?,37+,38-;;;;/m11..../s1. The molecule has 0 saturated heterocycles. The van der Waals surface area contributed by atoms with Crippen LogP contribution in [0.15, 0.2) is 84.2 Å². The minimum atomic E-state index is 0. The van der Waals surface area contributed by atoms with Crippen molar-refractivity contribution in [1.29, 1.82) is 0 Å². The number of phenols is 1. The van der Waals surface area contributed by atoms with Crippen molar-refractivity contribution in [1.82, 2.24) is 9.97 Å². The van der Waals surface area contributed by atoms with Gasteiger partial charge >= 0.3 is 37.7 Å². The summed E-state index contributed by atoms with van der Waals surface area (Å²) in [4.78, 5) is 8.77. The van der Waals surface area contributed by atoms with E-state index in [1.54, 1.807) is 23.4 Å². The van der Waals surface area contributed by atoms with Gasteiger partial charge in [-0.15, -0.1) is 12.1 Å². The summed E-state index contributed by atoms with van der Waals surface area (Å²) in [6.45, 7) is 28.4. The Labute approximate surface area is 551 Å². The normalized spacial score (nSPS) is 33.6. The zero-order chi connectivity index (χ0) is 58.1. The fourth-order valence-electron chi connectivity index (χ4n) is 20.9. The van der Waals surface area contributed by atoms with Crippen molar-refractivity contribution in [3.8, 4) is 5.75 Å². The van der Waals surface area contributed by atoms with E-state index in [0.29, 0.717) is 46.0 Å². The molecule has 11 heteroatoms. The van der Waals surface area contributed by atoms with Crippen molar-refractivity contribution < 1.29 is 63.3 Å². The molecule has 0 bridgehead atoms. The van der Waals surface area contributed by atoms with E-state index in [1.165, 1.54) is 128 Å². The molecule has 0 spiro atoms. The molecule has 8 aliphatic carbocycles. The number of fused-ring (bicyclic) bond motifs is 12. The van der Waals surface area contributed by atoms with Crippen molar-refractivity contribution in [2.45, 2.75) is 223 Å². The number of allylic oxidation sites excluding steroid dienone is 2. The molecule has 0 amide bonds. The number of nitrogens with zero attached hydrogens (tertiary/aromatic N) is 2. The predicted octanol–water partition coefficient (Wildman–Crippen LogP) is 13.3. The molecule has 6 saturated carbocycles. The smallest absolute Gasteiger partial charge is 0.870 e. The van der Waals surface area contributed by atoms with Crippen LogP contribution in [0.2, 0.25) is 0 Å². The molecule has 4 aromatic rings. The molecule has 8 aliphatic rings. The molecule has 6 unspecified atom stereocenters. The number of nitrogens with one attached hydrogen (secondary N) is 2. The third-order valence-corrected chi connectivity index (χ3v) is 25.4. The zero-order valence-electron chi connectivity index (χ0n) is 56.4. The molecule has 2 heterocycles. The minimum Gasteiger partial charge on any atom is -0.870 e. The van der Waals surface area contributed by atoms with Crippen LogP contribution in [0.5, 0.6) is 5.75 Å². The Kier molecular flexibility index (Phi) is 25.3. The Morgan fingerprint density at radius 1 is 0.563 bits per heavy atom. The quantitative estimate of drug-likeness (QED) is 0.0259. The van der Waals surface area contributed by atoms with Gasteiger partial charge in [0.05, 0.1) is 25.4 Å². The summed E-state index contributed by atoms with van der Waals surface area (Å²) in [5.74, 6) is 11.0. The fraction of sp³-hybridized carbons (Fsp3) is 0.711. The summed E-state index contributed by atoms with van der Waals surface area (Å²) in [5, 5.41) is 19.3. The maximum Gasteiger partial charge on any atom is 1.00 e. The molecule has 2 aromatic heterocycles. The molecular formula is C76H113Li2N4O5-. The van der Waals surface area contributed by atoms with Crippen LogP contribution < -0.4 is 48.4 Å². The second-order valence-corrected chi connectivity index (χ2v) is 30.7. The van der Waals surface area contributed by atoms with Gasteiger partial charge in [0.25, 0.3) is 0 Å². The van der Waals surface area contributed by atoms with Crippen LogP contribution in [0.25, 0.3) is 21.8 Å². The maximum atomic E-state index is 10.1. The number of ether oxygens (including phenoxy) is 2. The van der Waals surface area contributed by atoms with Gasteiger partial charge in [-0.3, -0.25) is 9.97 Å². The zero-order valence-corrected chi connectivity index (χ0v) is 56.4. The van der Waals surface area contributed by atoms with Crippen molar-refractivity contribution >= 4 is 33.2 Å². The Hall–Kier alpha value is -2.83. The Morgan fingerprint density at radius 2 is 1.05 bits per heavy atom. The summed E-state index contributed by atoms with van der Waals surface area (Å²) in [6, 6.07) is 19.0. The van der Waals surface area contributed by atoms with Gasteiger partial charge in [-0.25, -0.2) is 0 Å². The number of aromatic hydroxyl groups is 1. The van der Waals surface area contributed by atoms with Crippen LogP contribution in [0.3, 0.4) is 0 Å². The first-order valence-electron chi connectivity index (χ1n) is 34.4. The van der Waals surface area contributed by atoms with Crippen LogP contribution in [0.1, 0.15) is 210 Å². The van der Waals surface area contributed by atoms with E-state index in [4.69, 9.17) is 9.47 Å². The van der Waals surface area contributed by atoms with Gasteiger partial charge in [-0.05, 0) is 225 Å². The second-order valence-electron chi connectivity index (χ2n) is 30.7. The number of aromatic nitrogens is 2. The molecule has 0 radical (unpaired) electrons. The van der Waals surface area contributed by atoms with Crippen LogP contribution in [-0.2, 0) is 9.47 Å². The number of anilines is 2. The molecule has 12 rings (SSSR count). The Balaban J connectivity index is 0.000000238. The number of pyridine rings is 2. The molecule has 470 valence electrons. The van der Waals surface area contributed by atoms with Gasteiger partial charge in [-0.1, -0.05) is 148 Å². The van der Waals surface area contributed by atoms with Crippen molar-refractivity contribution in [3.05, 3.63) is 90.3 Å². The molecule has 6 fully saturated rings. The summed E-state index contributed by atoms with van der Waals surface area (Å²) < 4.78 is 13.0. The van der Waals surface area contributed by atoms with Crippen LogP contribution in [-0.4, -0.2) is 64.5 Å². The van der Waals surface area contributed by atoms with E-state index in [2.05, 4.69) is 120 Å². The van der Waals surface area contributed by atoms with Crippen LogP contribution in [0, 0.1) is 98.7 Å². The van der Waals surface area contributed by atoms with Gasteiger partial charge in [0.2, 0.25) is 0 Å². The molecule has 0 aliphatic heterocycles. The van der Waals surface area contributed by atoms with E-state index in [0.717, 1.165) is 131 Å². The Bertz CT molecular complexity index is 2890. The monoisotopic (exact) mass is 1180 g/mol. The molecule has 9 nitrogen and oxygen atoms in total. The third kappa shape index (κ3) is 14.8. The van der Waals surface area contributed by atoms with Gasteiger partial charge in [0.1, 0.15) is 11.3 Å². The molecule has 5 N–H and O–H groups in total. The van der Waals surface area contributed by atoms with Crippen molar-refractivity contribution in [3.63, 3.8) is 0 Å². The summed E-state index contributed by atoms with van der Waals surface area (Å²) >= 11 is 0. The van der Waals surface area contributed by atoms with Crippen molar-refractivity contribution in [2.75, 3.05) is 36.9 Å². The summed E-state index contributed by atoms with van der Waals surface area (Å²) in [6.07, 6.45) is 39.7. The van der Waals surface area contributed by atoms with E-state index in [-0.39, 0.29) is 54.4 Å². The molecular weight excluding hydrogens is 1060 g/mol.